The standard InChI is InChI=1S/C13H16O/c1-9-7-11-5-3-4-6-12(11)8-13(9)10(2)14/h7-8H,3-6H2,1-2H3. The van der Waals surface area contributed by atoms with E-state index in [0.717, 1.165) is 17.5 Å². The first kappa shape index (κ1) is 9.45. The number of hydrogen-bond donors (Lipinski definition) is 0. The summed E-state index contributed by atoms with van der Waals surface area (Å²) < 4.78 is 0. The van der Waals surface area contributed by atoms with Crippen LogP contribution in [0.25, 0.3) is 0 Å². The van der Waals surface area contributed by atoms with Gasteiger partial charge in [-0.15, -0.1) is 0 Å². The monoisotopic (exact) mass is 188 g/mol. The third kappa shape index (κ3) is 1.59. The normalized spacial score (nSPS) is 15.0. The number of carbonyl (C=O) groups is 1. The number of carbonyl (C=O) groups excluding carboxylic acids is 1. The lowest BCUT2D eigenvalue weighted by Gasteiger charge is -2.17. The summed E-state index contributed by atoms with van der Waals surface area (Å²) >= 11 is 0. The predicted octanol–water partition coefficient (Wildman–Crippen LogP) is 3.08. The van der Waals surface area contributed by atoms with Gasteiger partial charge in [-0.25, -0.2) is 0 Å². The van der Waals surface area contributed by atoms with Crippen molar-refractivity contribution in [2.45, 2.75) is 39.5 Å². The number of Topliss-reactive ketones (excluding diaryl/α,β-unsaturated/α-hetero) is 1. The van der Waals surface area contributed by atoms with Gasteiger partial charge in [0.05, 0.1) is 0 Å². The van der Waals surface area contributed by atoms with Crippen LogP contribution in [0.4, 0.5) is 0 Å². The lowest BCUT2D eigenvalue weighted by atomic mass is 9.88. The van der Waals surface area contributed by atoms with E-state index >= 15 is 0 Å². The largest absolute Gasteiger partial charge is 0.295 e. The highest BCUT2D eigenvalue weighted by molar-refractivity contribution is 5.95. The van der Waals surface area contributed by atoms with Gasteiger partial charge in [-0.05, 0) is 62.3 Å². The van der Waals surface area contributed by atoms with Crippen LogP contribution >= 0.6 is 0 Å². The molecule has 0 unspecified atom stereocenters. The molecule has 2 rings (SSSR count). The van der Waals surface area contributed by atoms with E-state index in [4.69, 9.17) is 0 Å². The molecule has 1 aromatic carbocycles. The predicted molar refractivity (Wildman–Crippen MR) is 57.8 cm³/mol. The van der Waals surface area contributed by atoms with Crippen LogP contribution in [0.3, 0.4) is 0 Å². The van der Waals surface area contributed by atoms with E-state index < -0.39 is 0 Å². The van der Waals surface area contributed by atoms with E-state index in [-0.39, 0.29) is 5.78 Å². The molecule has 0 amide bonds. The first-order valence-corrected chi connectivity index (χ1v) is 5.32. The molecule has 0 heterocycles. The summed E-state index contributed by atoms with van der Waals surface area (Å²) in [5.41, 5.74) is 4.90. The fourth-order valence-corrected chi connectivity index (χ4v) is 2.29. The molecule has 0 N–H and O–H groups in total. The average Bonchev–Trinajstić information content (AvgIpc) is 2.16. The highest BCUT2D eigenvalue weighted by atomic mass is 16.1. The topological polar surface area (TPSA) is 17.1 Å². The van der Waals surface area contributed by atoms with Crippen LogP contribution in [0.1, 0.15) is 46.8 Å². The Morgan fingerprint density at radius 2 is 1.71 bits per heavy atom. The van der Waals surface area contributed by atoms with Crippen LogP contribution in [0.15, 0.2) is 12.1 Å². The molecule has 0 atom stereocenters. The molecule has 1 aromatic rings. The molecule has 0 bridgehead atoms. The first-order chi connectivity index (χ1) is 6.68. The summed E-state index contributed by atoms with van der Waals surface area (Å²) in [7, 11) is 0. The van der Waals surface area contributed by atoms with Crippen LogP contribution < -0.4 is 0 Å². The lowest BCUT2D eigenvalue weighted by molar-refractivity contribution is 0.101. The lowest BCUT2D eigenvalue weighted by Crippen LogP contribution is -2.06. The Morgan fingerprint density at radius 3 is 2.29 bits per heavy atom. The van der Waals surface area contributed by atoms with Crippen LogP contribution in [-0.2, 0) is 12.8 Å². The number of benzene rings is 1. The number of ketones is 1. The van der Waals surface area contributed by atoms with Crippen molar-refractivity contribution in [2.75, 3.05) is 0 Å². The zero-order valence-electron chi connectivity index (χ0n) is 8.89. The molecule has 0 aliphatic heterocycles. The maximum atomic E-state index is 11.4. The van der Waals surface area contributed by atoms with Crippen molar-refractivity contribution in [3.8, 4) is 0 Å². The zero-order valence-corrected chi connectivity index (χ0v) is 8.89. The van der Waals surface area contributed by atoms with Gasteiger partial charge in [-0.3, -0.25) is 4.79 Å². The number of hydrogen-bond acceptors (Lipinski definition) is 1. The molecule has 0 saturated carbocycles. The summed E-state index contributed by atoms with van der Waals surface area (Å²) in [5.74, 6) is 0.191. The van der Waals surface area contributed by atoms with Crippen molar-refractivity contribution in [3.05, 3.63) is 34.4 Å². The van der Waals surface area contributed by atoms with Crippen LogP contribution in [0.5, 0.6) is 0 Å². The molecule has 14 heavy (non-hydrogen) atoms. The average molecular weight is 188 g/mol. The van der Waals surface area contributed by atoms with E-state index in [1.807, 2.05) is 6.92 Å². The second kappa shape index (κ2) is 3.56. The second-order valence-electron chi connectivity index (χ2n) is 4.20. The molecular formula is C13H16O. The molecule has 1 nitrogen and oxygen atoms in total. The van der Waals surface area contributed by atoms with E-state index in [1.54, 1.807) is 6.92 Å². The minimum absolute atomic E-state index is 0.191. The van der Waals surface area contributed by atoms with Gasteiger partial charge in [0.25, 0.3) is 0 Å². The van der Waals surface area contributed by atoms with Crippen molar-refractivity contribution in [1.82, 2.24) is 0 Å². The fraction of sp³-hybridized carbons (Fsp3) is 0.462. The minimum Gasteiger partial charge on any atom is -0.295 e. The van der Waals surface area contributed by atoms with Crippen LogP contribution in [0, 0.1) is 6.92 Å². The molecule has 0 saturated heterocycles. The van der Waals surface area contributed by atoms with Crippen molar-refractivity contribution in [1.29, 1.82) is 0 Å². The highest BCUT2D eigenvalue weighted by Gasteiger charge is 2.13. The van der Waals surface area contributed by atoms with Crippen molar-refractivity contribution in [3.63, 3.8) is 0 Å². The number of rotatable bonds is 1. The Morgan fingerprint density at radius 1 is 1.14 bits per heavy atom. The summed E-state index contributed by atoms with van der Waals surface area (Å²) in [4.78, 5) is 11.4. The first-order valence-electron chi connectivity index (χ1n) is 5.32. The molecular weight excluding hydrogens is 172 g/mol. The van der Waals surface area contributed by atoms with Crippen LogP contribution in [0.2, 0.25) is 0 Å². The molecule has 0 radical (unpaired) electrons. The van der Waals surface area contributed by atoms with E-state index in [9.17, 15) is 4.79 Å². The Bertz CT molecular complexity index is 377. The van der Waals surface area contributed by atoms with Gasteiger partial charge in [-0.2, -0.15) is 0 Å². The summed E-state index contributed by atoms with van der Waals surface area (Å²) in [6.45, 7) is 3.68. The summed E-state index contributed by atoms with van der Waals surface area (Å²) in [6.07, 6.45) is 4.91. The Kier molecular flexibility index (Phi) is 2.40. The van der Waals surface area contributed by atoms with Gasteiger partial charge < -0.3 is 0 Å². The van der Waals surface area contributed by atoms with Gasteiger partial charge in [-0.1, -0.05) is 6.07 Å². The number of fused-ring (bicyclic) bond motifs is 1. The zero-order chi connectivity index (χ0) is 10.1. The third-order valence-electron chi connectivity index (χ3n) is 3.07. The van der Waals surface area contributed by atoms with Crippen LogP contribution in [-0.4, -0.2) is 5.78 Å². The Labute approximate surface area is 85.1 Å². The maximum absolute atomic E-state index is 11.4. The third-order valence-corrected chi connectivity index (χ3v) is 3.07. The molecule has 0 aromatic heterocycles. The molecule has 1 aliphatic carbocycles. The quantitative estimate of drug-likeness (QED) is 0.619. The van der Waals surface area contributed by atoms with Gasteiger partial charge in [0.1, 0.15) is 0 Å². The van der Waals surface area contributed by atoms with E-state index in [0.29, 0.717) is 0 Å². The van der Waals surface area contributed by atoms with Crippen molar-refractivity contribution >= 4 is 5.78 Å². The molecule has 0 spiro atoms. The van der Waals surface area contributed by atoms with Crippen molar-refractivity contribution < 1.29 is 4.79 Å². The Hall–Kier alpha value is -1.11. The molecule has 1 aliphatic rings. The number of aryl methyl sites for hydroxylation is 3. The van der Waals surface area contributed by atoms with Gasteiger partial charge in [0, 0.05) is 5.56 Å². The van der Waals surface area contributed by atoms with E-state index in [1.165, 1.54) is 30.4 Å². The summed E-state index contributed by atoms with van der Waals surface area (Å²) in [5, 5.41) is 0. The van der Waals surface area contributed by atoms with Gasteiger partial charge in [0.15, 0.2) is 5.78 Å². The highest BCUT2D eigenvalue weighted by Crippen LogP contribution is 2.24. The summed E-state index contributed by atoms with van der Waals surface area (Å²) in [6, 6.07) is 4.30. The SMILES string of the molecule is CC(=O)c1cc2c(cc1C)CCCC2. The maximum Gasteiger partial charge on any atom is 0.160 e. The Balaban J connectivity index is 2.50. The molecule has 0 fully saturated rings. The molecule has 74 valence electrons. The van der Waals surface area contributed by atoms with Gasteiger partial charge in [0.2, 0.25) is 0 Å². The second-order valence-corrected chi connectivity index (χ2v) is 4.20. The van der Waals surface area contributed by atoms with Gasteiger partial charge >= 0.3 is 0 Å². The minimum atomic E-state index is 0.191. The van der Waals surface area contributed by atoms with E-state index in [2.05, 4.69) is 12.1 Å². The fourth-order valence-electron chi connectivity index (χ4n) is 2.29. The molecule has 1 heteroatoms. The smallest absolute Gasteiger partial charge is 0.160 e. The van der Waals surface area contributed by atoms with Crippen molar-refractivity contribution in [2.24, 2.45) is 0 Å².